The van der Waals surface area contributed by atoms with Gasteiger partial charge in [0.25, 0.3) is 5.91 Å². The first-order valence-corrected chi connectivity index (χ1v) is 6.17. The van der Waals surface area contributed by atoms with Gasteiger partial charge in [-0.25, -0.2) is 4.98 Å². The van der Waals surface area contributed by atoms with Crippen molar-refractivity contribution in [2.24, 2.45) is 0 Å². The second kappa shape index (κ2) is 5.83. The van der Waals surface area contributed by atoms with Crippen molar-refractivity contribution in [1.82, 2.24) is 9.97 Å². The van der Waals surface area contributed by atoms with Gasteiger partial charge < -0.3 is 19.8 Å². The molecule has 2 rings (SSSR count). The summed E-state index contributed by atoms with van der Waals surface area (Å²) in [4.78, 5) is 18.9. The van der Waals surface area contributed by atoms with Gasteiger partial charge in [-0.15, -0.1) is 0 Å². The number of anilines is 1. The Labute approximate surface area is 121 Å². The average Bonchev–Trinajstić information content (AvgIpc) is 2.86. The number of halogens is 1. The van der Waals surface area contributed by atoms with Crippen molar-refractivity contribution in [2.75, 3.05) is 19.5 Å². The van der Waals surface area contributed by atoms with Crippen LogP contribution >= 0.6 is 11.6 Å². The number of rotatable bonds is 4. The van der Waals surface area contributed by atoms with Crippen LogP contribution in [0.1, 0.15) is 16.2 Å². The number of aromatic nitrogens is 2. The first-order valence-electron chi connectivity index (χ1n) is 5.79. The van der Waals surface area contributed by atoms with Gasteiger partial charge in [0.1, 0.15) is 17.2 Å². The molecule has 1 aromatic heterocycles. The standard InChI is InChI=1S/C13H14ClN3O3/c1-7-12(16-6-15-7)13(18)17-9-5-10(19-2)8(14)4-11(9)20-3/h4-6H,1-3H3,(H,15,16)(H,17,18). The SMILES string of the molecule is COc1cc(NC(=O)c2nc[nH]c2C)c(OC)cc1Cl. The number of methoxy groups -OCH3 is 2. The summed E-state index contributed by atoms with van der Waals surface area (Å²) < 4.78 is 10.3. The van der Waals surface area contributed by atoms with Crippen molar-refractivity contribution in [3.8, 4) is 11.5 Å². The summed E-state index contributed by atoms with van der Waals surface area (Å²) in [6.45, 7) is 1.77. The van der Waals surface area contributed by atoms with Crippen LogP contribution in [0, 0.1) is 6.92 Å². The minimum Gasteiger partial charge on any atom is -0.495 e. The maximum Gasteiger partial charge on any atom is 0.276 e. The molecule has 0 saturated heterocycles. The summed E-state index contributed by atoms with van der Waals surface area (Å²) in [6.07, 6.45) is 1.46. The number of hydrogen-bond acceptors (Lipinski definition) is 4. The van der Waals surface area contributed by atoms with E-state index in [1.54, 1.807) is 19.1 Å². The molecule has 0 spiro atoms. The molecule has 2 aromatic rings. The maximum absolute atomic E-state index is 12.1. The molecule has 0 atom stereocenters. The van der Waals surface area contributed by atoms with E-state index in [1.807, 2.05) is 0 Å². The van der Waals surface area contributed by atoms with E-state index in [9.17, 15) is 4.79 Å². The summed E-state index contributed by atoms with van der Waals surface area (Å²) in [7, 11) is 2.99. The molecule has 0 radical (unpaired) electrons. The van der Waals surface area contributed by atoms with Crippen molar-refractivity contribution in [1.29, 1.82) is 0 Å². The fourth-order valence-electron chi connectivity index (χ4n) is 1.73. The lowest BCUT2D eigenvalue weighted by molar-refractivity contribution is 0.102. The molecule has 0 aliphatic rings. The summed E-state index contributed by atoms with van der Waals surface area (Å²) in [5.41, 5.74) is 1.46. The molecule has 1 amide bonds. The average molecular weight is 296 g/mol. The van der Waals surface area contributed by atoms with Crippen molar-refractivity contribution in [3.05, 3.63) is 34.9 Å². The Balaban J connectivity index is 2.33. The fraction of sp³-hybridized carbons (Fsp3) is 0.231. The molecule has 0 unspecified atom stereocenters. The number of carbonyl (C=O) groups excluding carboxylic acids is 1. The minimum absolute atomic E-state index is 0.320. The van der Waals surface area contributed by atoms with E-state index in [2.05, 4.69) is 15.3 Å². The number of imidazole rings is 1. The molecular formula is C13H14ClN3O3. The maximum atomic E-state index is 12.1. The number of nitrogens with one attached hydrogen (secondary N) is 2. The van der Waals surface area contributed by atoms with Gasteiger partial charge in [0, 0.05) is 17.8 Å². The Morgan fingerprint density at radius 1 is 1.30 bits per heavy atom. The molecule has 2 N–H and O–H groups in total. The van der Waals surface area contributed by atoms with E-state index < -0.39 is 0 Å². The smallest absolute Gasteiger partial charge is 0.276 e. The highest BCUT2D eigenvalue weighted by atomic mass is 35.5. The Bertz CT molecular complexity index is 640. The van der Waals surface area contributed by atoms with Crippen LogP contribution in [0.4, 0.5) is 5.69 Å². The summed E-state index contributed by atoms with van der Waals surface area (Å²) in [6, 6.07) is 3.18. The molecular weight excluding hydrogens is 282 g/mol. The Hall–Kier alpha value is -2.21. The van der Waals surface area contributed by atoms with Crippen LogP contribution in [0.15, 0.2) is 18.5 Å². The first-order chi connectivity index (χ1) is 9.56. The van der Waals surface area contributed by atoms with Crippen LogP contribution < -0.4 is 14.8 Å². The third-order valence-corrected chi connectivity index (χ3v) is 3.06. The molecule has 6 nitrogen and oxygen atoms in total. The molecule has 7 heteroatoms. The summed E-state index contributed by atoms with van der Waals surface area (Å²) in [5.74, 6) is 0.547. The van der Waals surface area contributed by atoms with E-state index in [-0.39, 0.29) is 5.91 Å². The number of benzene rings is 1. The molecule has 0 bridgehead atoms. The van der Waals surface area contributed by atoms with E-state index in [0.717, 1.165) is 0 Å². The molecule has 1 heterocycles. The van der Waals surface area contributed by atoms with Crippen LogP contribution in [-0.4, -0.2) is 30.1 Å². The van der Waals surface area contributed by atoms with E-state index in [0.29, 0.717) is 33.6 Å². The van der Waals surface area contributed by atoms with Gasteiger partial charge in [-0.05, 0) is 6.92 Å². The molecule has 106 valence electrons. The Kier molecular flexibility index (Phi) is 4.14. The fourth-order valence-corrected chi connectivity index (χ4v) is 1.96. The molecule has 0 aliphatic heterocycles. The zero-order valence-electron chi connectivity index (χ0n) is 11.3. The van der Waals surface area contributed by atoms with Crippen molar-refractivity contribution < 1.29 is 14.3 Å². The molecule has 0 saturated carbocycles. The number of ether oxygens (including phenoxy) is 2. The third-order valence-electron chi connectivity index (χ3n) is 2.77. The number of hydrogen-bond donors (Lipinski definition) is 2. The lowest BCUT2D eigenvalue weighted by Gasteiger charge is -2.12. The predicted molar refractivity (Wildman–Crippen MR) is 75.8 cm³/mol. The van der Waals surface area contributed by atoms with Gasteiger partial charge >= 0.3 is 0 Å². The van der Waals surface area contributed by atoms with Crippen LogP contribution in [0.3, 0.4) is 0 Å². The number of H-pyrrole nitrogens is 1. The van der Waals surface area contributed by atoms with Crippen molar-refractivity contribution in [3.63, 3.8) is 0 Å². The van der Waals surface area contributed by atoms with Crippen LogP contribution in [0.5, 0.6) is 11.5 Å². The number of aryl methyl sites for hydroxylation is 1. The van der Waals surface area contributed by atoms with Crippen LogP contribution in [-0.2, 0) is 0 Å². The van der Waals surface area contributed by atoms with E-state index in [1.165, 1.54) is 20.5 Å². The normalized spacial score (nSPS) is 10.2. The second-order valence-electron chi connectivity index (χ2n) is 4.02. The van der Waals surface area contributed by atoms with Gasteiger partial charge in [0.15, 0.2) is 0 Å². The van der Waals surface area contributed by atoms with Gasteiger partial charge in [-0.2, -0.15) is 0 Å². The van der Waals surface area contributed by atoms with Crippen LogP contribution in [0.2, 0.25) is 5.02 Å². The first kappa shape index (κ1) is 14.2. The third kappa shape index (κ3) is 2.70. The number of nitrogens with zero attached hydrogens (tertiary/aromatic N) is 1. The largest absolute Gasteiger partial charge is 0.495 e. The lowest BCUT2D eigenvalue weighted by atomic mass is 10.2. The summed E-state index contributed by atoms with van der Waals surface area (Å²) in [5, 5.41) is 3.12. The van der Waals surface area contributed by atoms with E-state index >= 15 is 0 Å². The topological polar surface area (TPSA) is 76.2 Å². The van der Waals surface area contributed by atoms with Crippen molar-refractivity contribution in [2.45, 2.75) is 6.92 Å². The Morgan fingerprint density at radius 2 is 2.00 bits per heavy atom. The van der Waals surface area contributed by atoms with Crippen molar-refractivity contribution >= 4 is 23.2 Å². The second-order valence-corrected chi connectivity index (χ2v) is 4.42. The highest BCUT2D eigenvalue weighted by Crippen LogP contribution is 2.36. The van der Waals surface area contributed by atoms with Gasteiger partial charge in [0.05, 0.1) is 31.3 Å². The van der Waals surface area contributed by atoms with Gasteiger partial charge in [0.2, 0.25) is 0 Å². The summed E-state index contributed by atoms with van der Waals surface area (Å²) >= 11 is 6.01. The Morgan fingerprint density at radius 3 is 2.55 bits per heavy atom. The number of aromatic amines is 1. The number of carbonyl (C=O) groups is 1. The molecule has 1 aromatic carbocycles. The predicted octanol–water partition coefficient (Wildman–Crippen LogP) is 2.64. The van der Waals surface area contributed by atoms with Gasteiger partial charge in [-0.3, -0.25) is 4.79 Å². The van der Waals surface area contributed by atoms with Crippen LogP contribution in [0.25, 0.3) is 0 Å². The minimum atomic E-state index is -0.341. The van der Waals surface area contributed by atoms with E-state index in [4.69, 9.17) is 21.1 Å². The quantitative estimate of drug-likeness (QED) is 0.909. The number of amides is 1. The zero-order valence-corrected chi connectivity index (χ0v) is 12.0. The molecule has 0 fully saturated rings. The lowest BCUT2D eigenvalue weighted by Crippen LogP contribution is -2.14. The monoisotopic (exact) mass is 295 g/mol. The zero-order chi connectivity index (χ0) is 14.7. The van der Waals surface area contributed by atoms with Gasteiger partial charge in [-0.1, -0.05) is 11.6 Å². The highest BCUT2D eigenvalue weighted by molar-refractivity contribution is 6.32. The molecule has 0 aliphatic carbocycles. The highest BCUT2D eigenvalue weighted by Gasteiger charge is 2.16. The molecule has 20 heavy (non-hydrogen) atoms.